The molecule has 27 heavy (non-hydrogen) atoms. The van der Waals surface area contributed by atoms with Crippen LogP contribution in [0.2, 0.25) is 0 Å². The van der Waals surface area contributed by atoms with E-state index < -0.39 is 0 Å². The number of thiophene rings is 1. The van der Waals surface area contributed by atoms with Crippen LogP contribution < -0.4 is 5.32 Å². The minimum absolute atomic E-state index is 0.0687. The summed E-state index contributed by atoms with van der Waals surface area (Å²) < 4.78 is 0. The van der Waals surface area contributed by atoms with Crippen LogP contribution in [0.15, 0.2) is 47.8 Å². The normalized spacial score (nSPS) is 15.8. The Labute approximate surface area is 165 Å². The van der Waals surface area contributed by atoms with Crippen LogP contribution in [0.1, 0.15) is 35.1 Å². The molecule has 5 nitrogen and oxygen atoms in total. The van der Waals surface area contributed by atoms with Gasteiger partial charge in [0.15, 0.2) is 0 Å². The third-order valence-corrected chi connectivity index (χ3v) is 5.81. The Balaban J connectivity index is 1.50. The average molecular weight is 386 g/mol. The van der Waals surface area contributed by atoms with Crippen LogP contribution in [0.5, 0.6) is 0 Å². The van der Waals surface area contributed by atoms with Crippen molar-refractivity contribution < 1.29 is 9.59 Å². The summed E-state index contributed by atoms with van der Waals surface area (Å²) in [6, 6.07) is 14.1. The zero-order valence-corrected chi connectivity index (χ0v) is 16.7. The summed E-state index contributed by atoms with van der Waals surface area (Å²) in [6.45, 7) is 7.00. The average Bonchev–Trinajstić information content (AvgIpc) is 3.23. The van der Waals surface area contributed by atoms with Gasteiger partial charge in [-0.2, -0.15) is 0 Å². The number of carbonyl (C=O) groups is 2. The molecule has 0 unspecified atom stereocenters. The smallest absolute Gasteiger partial charge is 0.264 e. The lowest BCUT2D eigenvalue weighted by Crippen LogP contribution is -2.52. The molecule has 1 aliphatic heterocycles. The van der Waals surface area contributed by atoms with Crippen molar-refractivity contribution >= 4 is 23.2 Å². The molecule has 1 aromatic heterocycles. The molecule has 2 heterocycles. The van der Waals surface area contributed by atoms with E-state index in [1.807, 2.05) is 45.5 Å². The van der Waals surface area contributed by atoms with Crippen LogP contribution in [0.4, 0.5) is 0 Å². The Morgan fingerprint density at radius 1 is 1.00 bits per heavy atom. The van der Waals surface area contributed by atoms with Crippen molar-refractivity contribution in [3.8, 4) is 0 Å². The summed E-state index contributed by atoms with van der Waals surface area (Å²) in [5.41, 5.74) is 1.20. The second kappa shape index (κ2) is 9.15. The van der Waals surface area contributed by atoms with Gasteiger partial charge in [-0.1, -0.05) is 50.2 Å². The number of nitrogens with one attached hydrogen (secondary N) is 1. The number of amides is 2. The Morgan fingerprint density at radius 2 is 1.67 bits per heavy atom. The summed E-state index contributed by atoms with van der Waals surface area (Å²) in [6.07, 6.45) is 0. The van der Waals surface area contributed by atoms with Gasteiger partial charge >= 0.3 is 0 Å². The monoisotopic (exact) mass is 385 g/mol. The highest BCUT2D eigenvalue weighted by Gasteiger charge is 2.26. The fourth-order valence-electron chi connectivity index (χ4n) is 3.42. The van der Waals surface area contributed by atoms with Gasteiger partial charge in [-0.25, -0.2) is 0 Å². The van der Waals surface area contributed by atoms with Gasteiger partial charge in [0.25, 0.3) is 5.91 Å². The number of piperazine rings is 1. The van der Waals surface area contributed by atoms with E-state index in [0.29, 0.717) is 38.6 Å². The molecule has 0 aliphatic carbocycles. The van der Waals surface area contributed by atoms with Gasteiger partial charge in [0.05, 0.1) is 11.4 Å². The molecule has 0 saturated carbocycles. The first-order valence-electron chi connectivity index (χ1n) is 9.45. The maximum atomic E-state index is 12.6. The van der Waals surface area contributed by atoms with Gasteiger partial charge < -0.3 is 15.1 Å². The van der Waals surface area contributed by atoms with E-state index in [4.69, 9.17) is 0 Å². The van der Waals surface area contributed by atoms with Gasteiger partial charge in [-0.05, 0) is 22.9 Å². The molecule has 1 N–H and O–H groups in total. The second-order valence-corrected chi connectivity index (χ2v) is 8.11. The molecule has 2 aromatic rings. The van der Waals surface area contributed by atoms with Crippen molar-refractivity contribution in [2.75, 3.05) is 32.7 Å². The quantitative estimate of drug-likeness (QED) is 0.832. The summed E-state index contributed by atoms with van der Waals surface area (Å²) in [5, 5.41) is 5.33. The summed E-state index contributed by atoms with van der Waals surface area (Å²) in [5.74, 6) is 0.555. The first kappa shape index (κ1) is 19.6. The lowest BCUT2D eigenvalue weighted by molar-refractivity contribution is -0.131. The summed E-state index contributed by atoms with van der Waals surface area (Å²) in [7, 11) is 0. The predicted molar refractivity (Wildman–Crippen MR) is 109 cm³/mol. The lowest BCUT2D eigenvalue weighted by atomic mass is 9.96. The molecule has 1 aromatic carbocycles. The highest BCUT2D eigenvalue weighted by Crippen LogP contribution is 2.21. The van der Waals surface area contributed by atoms with Crippen LogP contribution in [0.25, 0.3) is 0 Å². The third-order valence-electron chi connectivity index (χ3n) is 4.95. The minimum Gasteiger partial charge on any atom is -0.338 e. The highest BCUT2D eigenvalue weighted by atomic mass is 32.1. The van der Waals surface area contributed by atoms with Gasteiger partial charge in [0.1, 0.15) is 0 Å². The number of hydrogen-bond acceptors (Lipinski definition) is 4. The van der Waals surface area contributed by atoms with E-state index in [2.05, 4.69) is 31.3 Å². The molecule has 1 atom stereocenters. The topological polar surface area (TPSA) is 52.7 Å². The number of carbonyl (C=O) groups excluding carboxylic acids is 2. The Hall–Kier alpha value is -2.18. The standard InChI is InChI=1S/C21H27N3O2S/c1-16(2)20(17-7-4-3-5-8-17)22-15-19(25)23-10-12-24(13-11-23)21(26)18-9-6-14-27-18/h3-9,14,16,20,22H,10-13,15H2,1-2H3/t20-/m1/s1. The van der Waals surface area contributed by atoms with Crippen molar-refractivity contribution in [1.82, 2.24) is 15.1 Å². The molecule has 1 aliphatic rings. The van der Waals surface area contributed by atoms with Crippen molar-refractivity contribution in [3.05, 3.63) is 58.3 Å². The van der Waals surface area contributed by atoms with Gasteiger partial charge in [-0.3, -0.25) is 9.59 Å². The van der Waals surface area contributed by atoms with Gasteiger partial charge in [0.2, 0.25) is 5.91 Å². The number of nitrogens with zero attached hydrogens (tertiary/aromatic N) is 2. The van der Waals surface area contributed by atoms with Crippen molar-refractivity contribution in [3.63, 3.8) is 0 Å². The van der Waals surface area contributed by atoms with Crippen LogP contribution in [0.3, 0.4) is 0 Å². The molecule has 6 heteroatoms. The molecular weight excluding hydrogens is 358 g/mol. The number of rotatable bonds is 6. The Bertz CT molecular complexity index is 738. The molecule has 0 radical (unpaired) electrons. The first-order chi connectivity index (χ1) is 13.1. The van der Waals surface area contributed by atoms with Crippen LogP contribution >= 0.6 is 11.3 Å². The molecular formula is C21H27N3O2S. The fraction of sp³-hybridized carbons (Fsp3) is 0.429. The van der Waals surface area contributed by atoms with Gasteiger partial charge in [0, 0.05) is 32.2 Å². The Kier molecular flexibility index (Phi) is 6.63. The zero-order valence-electron chi connectivity index (χ0n) is 15.9. The van der Waals surface area contributed by atoms with E-state index in [9.17, 15) is 9.59 Å². The first-order valence-corrected chi connectivity index (χ1v) is 10.3. The maximum absolute atomic E-state index is 12.6. The van der Waals surface area contributed by atoms with E-state index in [0.717, 1.165) is 4.88 Å². The molecule has 3 rings (SSSR count). The predicted octanol–water partition coefficient (Wildman–Crippen LogP) is 3.02. The van der Waals surface area contributed by atoms with Crippen molar-refractivity contribution in [2.45, 2.75) is 19.9 Å². The fourth-order valence-corrected chi connectivity index (χ4v) is 4.11. The largest absolute Gasteiger partial charge is 0.338 e. The molecule has 0 spiro atoms. The Morgan fingerprint density at radius 3 is 2.26 bits per heavy atom. The van der Waals surface area contributed by atoms with Crippen molar-refractivity contribution in [2.24, 2.45) is 5.92 Å². The van der Waals surface area contributed by atoms with E-state index in [1.165, 1.54) is 16.9 Å². The third kappa shape index (κ3) is 4.96. The number of hydrogen-bond donors (Lipinski definition) is 1. The molecule has 144 valence electrons. The summed E-state index contributed by atoms with van der Waals surface area (Å²) in [4.78, 5) is 29.5. The summed E-state index contributed by atoms with van der Waals surface area (Å²) >= 11 is 1.46. The van der Waals surface area contributed by atoms with Crippen molar-refractivity contribution in [1.29, 1.82) is 0 Å². The molecule has 0 bridgehead atoms. The molecule has 2 amide bonds. The second-order valence-electron chi connectivity index (χ2n) is 7.16. The SMILES string of the molecule is CC(C)[C@@H](NCC(=O)N1CCN(C(=O)c2cccs2)CC1)c1ccccc1. The molecule has 1 fully saturated rings. The van der Waals surface area contributed by atoms with E-state index in [1.54, 1.807) is 0 Å². The van der Waals surface area contributed by atoms with Gasteiger partial charge in [-0.15, -0.1) is 11.3 Å². The number of benzene rings is 1. The highest BCUT2D eigenvalue weighted by molar-refractivity contribution is 7.12. The lowest BCUT2D eigenvalue weighted by Gasteiger charge is -2.35. The minimum atomic E-state index is 0.0687. The van der Waals surface area contributed by atoms with E-state index >= 15 is 0 Å². The van der Waals surface area contributed by atoms with Crippen LogP contribution in [-0.2, 0) is 4.79 Å². The van der Waals surface area contributed by atoms with Crippen LogP contribution in [-0.4, -0.2) is 54.3 Å². The van der Waals surface area contributed by atoms with E-state index in [-0.39, 0.29) is 17.9 Å². The maximum Gasteiger partial charge on any atom is 0.264 e. The molecule has 1 saturated heterocycles. The zero-order chi connectivity index (χ0) is 19.2. The van der Waals surface area contributed by atoms with Crippen LogP contribution in [0, 0.1) is 5.92 Å².